The normalized spacial score (nSPS) is 32.3. The second kappa shape index (κ2) is 5.68. The summed E-state index contributed by atoms with van der Waals surface area (Å²) in [6, 6.07) is -0.463. The van der Waals surface area contributed by atoms with Gasteiger partial charge >= 0.3 is 12.0 Å². The highest BCUT2D eigenvalue weighted by Crippen LogP contribution is 2.42. The molecule has 2 N–H and O–H groups in total. The number of hydrogen-bond acceptors (Lipinski definition) is 5. The number of esters is 1. The molecule has 23 heavy (non-hydrogen) atoms. The van der Waals surface area contributed by atoms with E-state index >= 15 is 0 Å². The molecule has 2 fully saturated rings. The molecule has 0 aromatic rings. The highest BCUT2D eigenvalue weighted by atomic mass is 19.1. The fourth-order valence-corrected chi connectivity index (χ4v) is 3.16. The molecule has 124 valence electrons. The summed E-state index contributed by atoms with van der Waals surface area (Å²) in [6.07, 6.45) is 2.08. The van der Waals surface area contributed by atoms with E-state index in [1.165, 1.54) is 6.08 Å². The van der Waals surface area contributed by atoms with Crippen molar-refractivity contribution in [2.75, 3.05) is 13.2 Å². The van der Waals surface area contributed by atoms with Crippen LogP contribution >= 0.6 is 0 Å². The first-order valence-electron chi connectivity index (χ1n) is 7.48. The average Bonchev–Trinajstić information content (AvgIpc) is 2.89. The lowest BCUT2D eigenvalue weighted by Crippen LogP contribution is -2.60. The summed E-state index contributed by atoms with van der Waals surface area (Å²) in [4.78, 5) is 35.9. The maximum Gasteiger partial charge on any atom is 0.347 e. The van der Waals surface area contributed by atoms with Crippen LogP contribution in [0.2, 0.25) is 0 Å². The Morgan fingerprint density at radius 2 is 2.26 bits per heavy atom. The second-order valence-electron chi connectivity index (χ2n) is 5.82. The van der Waals surface area contributed by atoms with Crippen molar-refractivity contribution in [2.24, 2.45) is 5.92 Å². The number of halogens is 1. The van der Waals surface area contributed by atoms with Crippen LogP contribution in [0.5, 0.6) is 0 Å². The quantitative estimate of drug-likeness (QED) is 0.746. The van der Waals surface area contributed by atoms with E-state index in [1.807, 2.05) is 6.92 Å². The summed E-state index contributed by atoms with van der Waals surface area (Å²) in [5.41, 5.74) is -1.10. The van der Waals surface area contributed by atoms with Crippen LogP contribution in [0.4, 0.5) is 9.18 Å². The van der Waals surface area contributed by atoms with Gasteiger partial charge in [-0.05, 0) is 18.6 Å². The number of hydrogen-bond donors (Lipinski definition) is 2. The van der Waals surface area contributed by atoms with Crippen LogP contribution in [0.25, 0.3) is 0 Å². The van der Waals surface area contributed by atoms with E-state index < -0.39 is 41.2 Å². The van der Waals surface area contributed by atoms with Gasteiger partial charge in [-0.15, -0.1) is 0 Å². The minimum Gasteiger partial charge on any atom is -0.482 e. The minimum absolute atomic E-state index is 0.0370. The number of urea groups is 1. The zero-order chi connectivity index (χ0) is 16.6. The lowest BCUT2D eigenvalue weighted by Gasteiger charge is -2.43. The molecule has 1 spiro atoms. The maximum absolute atomic E-state index is 13.7. The number of rotatable bonds is 3. The molecule has 3 rings (SSSR count). The monoisotopic (exact) mass is 324 g/mol. The van der Waals surface area contributed by atoms with Crippen molar-refractivity contribution in [3.8, 4) is 0 Å². The van der Waals surface area contributed by atoms with Gasteiger partial charge in [-0.25, -0.2) is 14.0 Å². The van der Waals surface area contributed by atoms with Crippen molar-refractivity contribution in [3.63, 3.8) is 0 Å². The molecule has 3 atom stereocenters. The van der Waals surface area contributed by atoms with Gasteiger partial charge in [0.25, 0.3) is 0 Å². The van der Waals surface area contributed by atoms with Gasteiger partial charge < -0.3 is 20.1 Å². The number of ether oxygens (including phenoxy) is 2. The van der Waals surface area contributed by atoms with Crippen molar-refractivity contribution in [1.82, 2.24) is 10.6 Å². The van der Waals surface area contributed by atoms with Crippen LogP contribution in [0, 0.1) is 5.92 Å². The number of nitrogens with one attached hydrogen (secondary N) is 2. The predicted octanol–water partition coefficient (Wildman–Crippen LogP) is 0.716. The number of allylic oxidation sites excluding steroid dienone is 3. The average molecular weight is 324 g/mol. The molecule has 0 saturated carbocycles. The van der Waals surface area contributed by atoms with Crippen LogP contribution in [0.1, 0.15) is 19.8 Å². The Morgan fingerprint density at radius 1 is 1.48 bits per heavy atom. The van der Waals surface area contributed by atoms with Crippen molar-refractivity contribution >= 4 is 17.8 Å². The Morgan fingerprint density at radius 3 is 2.91 bits per heavy atom. The second-order valence-corrected chi connectivity index (χ2v) is 5.82. The SMILES string of the molecule is CCCOC(=O)[C@@H]1C[C@@]2(CNC(=O)N2)C2C(=O)C(F)=CC=C2O1. The summed E-state index contributed by atoms with van der Waals surface area (Å²) in [6.45, 7) is 2.23. The Balaban J connectivity index is 1.92. The van der Waals surface area contributed by atoms with Gasteiger partial charge in [-0.2, -0.15) is 0 Å². The molecule has 1 aliphatic carbocycles. The van der Waals surface area contributed by atoms with Crippen LogP contribution in [0.3, 0.4) is 0 Å². The van der Waals surface area contributed by atoms with E-state index in [4.69, 9.17) is 9.47 Å². The van der Waals surface area contributed by atoms with E-state index in [0.29, 0.717) is 6.42 Å². The zero-order valence-electron chi connectivity index (χ0n) is 12.6. The molecule has 2 saturated heterocycles. The van der Waals surface area contributed by atoms with Crippen molar-refractivity contribution in [1.29, 1.82) is 0 Å². The molecule has 2 aliphatic heterocycles. The number of ketones is 1. The largest absolute Gasteiger partial charge is 0.482 e. The number of carbonyl (C=O) groups is 3. The fraction of sp³-hybridized carbons (Fsp3) is 0.533. The standard InChI is InChI=1S/C15H17FN2O5/c1-2-5-22-13(20)10-6-15(7-17-14(21)18-15)11-9(23-10)4-3-8(16)12(11)19/h3-4,10-11H,2,5-7H2,1H3,(H2,17,18,21)/t10-,11?,15+/m0/s1. The van der Waals surface area contributed by atoms with Gasteiger partial charge in [0.1, 0.15) is 11.7 Å². The summed E-state index contributed by atoms with van der Waals surface area (Å²) < 4.78 is 24.3. The molecule has 3 aliphatic rings. The van der Waals surface area contributed by atoms with Crippen LogP contribution in [-0.2, 0) is 19.1 Å². The molecule has 2 amide bonds. The molecule has 7 nitrogen and oxygen atoms in total. The van der Waals surface area contributed by atoms with Crippen molar-refractivity contribution in [2.45, 2.75) is 31.4 Å². The molecule has 8 heteroatoms. The molecule has 0 aromatic heterocycles. The Kier molecular flexibility index (Phi) is 3.83. The van der Waals surface area contributed by atoms with Crippen molar-refractivity contribution in [3.05, 3.63) is 23.7 Å². The molecule has 0 bridgehead atoms. The van der Waals surface area contributed by atoms with Crippen LogP contribution in [-0.4, -0.2) is 42.6 Å². The highest BCUT2D eigenvalue weighted by Gasteiger charge is 2.57. The van der Waals surface area contributed by atoms with E-state index in [1.54, 1.807) is 0 Å². The maximum atomic E-state index is 13.7. The Hall–Kier alpha value is -2.38. The summed E-state index contributed by atoms with van der Waals surface area (Å²) in [7, 11) is 0. The molecule has 0 aromatic carbocycles. The highest BCUT2D eigenvalue weighted by molar-refractivity contribution is 6.00. The number of fused-ring (bicyclic) bond motifs is 2. The summed E-state index contributed by atoms with van der Waals surface area (Å²) >= 11 is 0. The molecular weight excluding hydrogens is 307 g/mol. The van der Waals surface area contributed by atoms with Crippen LogP contribution in [0.15, 0.2) is 23.7 Å². The summed E-state index contributed by atoms with van der Waals surface area (Å²) in [5.74, 6) is -3.03. The smallest absolute Gasteiger partial charge is 0.347 e. The number of amides is 2. The molecular formula is C15H17FN2O5. The molecule has 1 unspecified atom stereocenters. The fourth-order valence-electron chi connectivity index (χ4n) is 3.16. The first kappa shape index (κ1) is 15.5. The lowest BCUT2D eigenvalue weighted by molar-refractivity contribution is -0.161. The van der Waals surface area contributed by atoms with E-state index in [-0.39, 0.29) is 25.3 Å². The first-order valence-corrected chi connectivity index (χ1v) is 7.48. The van der Waals surface area contributed by atoms with E-state index in [9.17, 15) is 18.8 Å². The van der Waals surface area contributed by atoms with Crippen molar-refractivity contribution < 1.29 is 28.2 Å². The zero-order valence-corrected chi connectivity index (χ0v) is 12.6. The number of Topliss-reactive ketones (excluding diaryl/α,β-unsaturated/α-hetero) is 1. The topological polar surface area (TPSA) is 93.7 Å². The Bertz CT molecular complexity index is 629. The van der Waals surface area contributed by atoms with E-state index in [0.717, 1.165) is 6.08 Å². The Labute approximate surface area is 131 Å². The van der Waals surface area contributed by atoms with Gasteiger partial charge in [0.15, 0.2) is 11.9 Å². The van der Waals surface area contributed by atoms with Gasteiger partial charge in [0.2, 0.25) is 5.78 Å². The first-order chi connectivity index (χ1) is 11.0. The molecule has 0 radical (unpaired) electrons. The number of carbonyl (C=O) groups excluding carboxylic acids is 3. The van der Waals surface area contributed by atoms with E-state index in [2.05, 4.69) is 10.6 Å². The van der Waals surface area contributed by atoms with Gasteiger partial charge in [-0.3, -0.25) is 4.79 Å². The third-order valence-electron chi connectivity index (χ3n) is 4.19. The third-order valence-corrected chi connectivity index (χ3v) is 4.19. The van der Waals surface area contributed by atoms with Crippen LogP contribution < -0.4 is 10.6 Å². The lowest BCUT2D eigenvalue weighted by atomic mass is 9.72. The molecule has 2 heterocycles. The van der Waals surface area contributed by atoms with Gasteiger partial charge in [0.05, 0.1) is 12.1 Å². The summed E-state index contributed by atoms with van der Waals surface area (Å²) in [5, 5.41) is 5.24. The third kappa shape index (κ3) is 2.58. The van der Waals surface area contributed by atoms with Gasteiger partial charge in [-0.1, -0.05) is 6.92 Å². The minimum atomic E-state index is -1.10. The van der Waals surface area contributed by atoms with Gasteiger partial charge in [0, 0.05) is 13.0 Å². The predicted molar refractivity (Wildman–Crippen MR) is 75.8 cm³/mol.